The summed E-state index contributed by atoms with van der Waals surface area (Å²) in [7, 11) is 0. The van der Waals surface area contributed by atoms with Gasteiger partial charge in [-0.3, -0.25) is 4.79 Å². The van der Waals surface area contributed by atoms with Crippen LogP contribution in [0.25, 0.3) is 0 Å². The fourth-order valence-electron chi connectivity index (χ4n) is 1.46. The van der Waals surface area contributed by atoms with Gasteiger partial charge < -0.3 is 10.6 Å². The molecule has 1 saturated heterocycles. The summed E-state index contributed by atoms with van der Waals surface area (Å²) in [6, 6.07) is 4.25. The number of aryl methyl sites for hydroxylation is 1. The average Bonchev–Trinajstić information content (AvgIpc) is 2.08. The summed E-state index contributed by atoms with van der Waals surface area (Å²) in [6.45, 7) is 2.71. The zero-order chi connectivity index (χ0) is 10.8. The molecular weight excluding hydrogens is 231 g/mol. The topological polar surface area (TPSA) is 41.1 Å². The summed E-state index contributed by atoms with van der Waals surface area (Å²) in [5.74, 6) is -0.424. The van der Waals surface area contributed by atoms with Gasteiger partial charge in [0.05, 0.1) is 6.04 Å². The van der Waals surface area contributed by atoms with Crippen molar-refractivity contribution in [2.24, 2.45) is 0 Å². The lowest BCUT2D eigenvalue weighted by atomic mass is 10.1. The SMILES string of the molecule is Cc1ccc(F)cc1NC(=O)[C@H]1CCN1.Cl. The van der Waals surface area contributed by atoms with Gasteiger partial charge in [-0.15, -0.1) is 12.4 Å². The van der Waals surface area contributed by atoms with Crippen LogP contribution < -0.4 is 10.6 Å². The average molecular weight is 245 g/mol. The molecule has 0 bridgehead atoms. The molecule has 1 aliphatic heterocycles. The second-order valence-electron chi connectivity index (χ2n) is 3.74. The van der Waals surface area contributed by atoms with Crippen molar-refractivity contribution in [3.05, 3.63) is 29.6 Å². The normalized spacial score (nSPS) is 18.2. The number of nitrogens with one attached hydrogen (secondary N) is 2. The minimum Gasteiger partial charge on any atom is -0.324 e. The van der Waals surface area contributed by atoms with Gasteiger partial charge in [0.25, 0.3) is 0 Å². The van der Waals surface area contributed by atoms with Gasteiger partial charge >= 0.3 is 0 Å². The largest absolute Gasteiger partial charge is 0.324 e. The second kappa shape index (κ2) is 5.27. The molecule has 1 aromatic carbocycles. The van der Waals surface area contributed by atoms with Crippen LogP contribution in [0, 0.1) is 12.7 Å². The molecule has 88 valence electrons. The first kappa shape index (κ1) is 12.9. The van der Waals surface area contributed by atoms with E-state index in [1.54, 1.807) is 6.07 Å². The number of carbonyl (C=O) groups excluding carboxylic acids is 1. The predicted octanol–water partition coefficient (Wildman–Crippen LogP) is 1.86. The molecule has 1 atom stereocenters. The lowest BCUT2D eigenvalue weighted by Crippen LogP contribution is -2.50. The van der Waals surface area contributed by atoms with Crippen molar-refractivity contribution in [2.75, 3.05) is 11.9 Å². The second-order valence-corrected chi connectivity index (χ2v) is 3.74. The van der Waals surface area contributed by atoms with Crippen LogP contribution in [0.4, 0.5) is 10.1 Å². The van der Waals surface area contributed by atoms with Gasteiger partial charge in [-0.05, 0) is 37.6 Å². The summed E-state index contributed by atoms with van der Waals surface area (Å²) in [4.78, 5) is 11.6. The molecule has 0 saturated carbocycles. The molecular formula is C11H14ClFN2O. The van der Waals surface area contributed by atoms with Crippen LogP contribution in [0.3, 0.4) is 0 Å². The van der Waals surface area contributed by atoms with Crippen molar-refractivity contribution in [1.29, 1.82) is 0 Å². The fourth-order valence-corrected chi connectivity index (χ4v) is 1.46. The van der Waals surface area contributed by atoms with Gasteiger partial charge in [-0.25, -0.2) is 4.39 Å². The third kappa shape index (κ3) is 2.71. The number of carbonyl (C=O) groups is 1. The van der Waals surface area contributed by atoms with E-state index in [9.17, 15) is 9.18 Å². The molecule has 2 N–H and O–H groups in total. The Morgan fingerprint density at radius 3 is 2.81 bits per heavy atom. The summed E-state index contributed by atoms with van der Waals surface area (Å²) >= 11 is 0. The molecule has 0 radical (unpaired) electrons. The van der Waals surface area contributed by atoms with E-state index in [0.29, 0.717) is 5.69 Å². The number of amides is 1. The third-order valence-electron chi connectivity index (χ3n) is 2.60. The van der Waals surface area contributed by atoms with E-state index >= 15 is 0 Å². The molecule has 0 aliphatic carbocycles. The van der Waals surface area contributed by atoms with Crippen LogP contribution in [0.1, 0.15) is 12.0 Å². The highest BCUT2D eigenvalue weighted by molar-refractivity contribution is 5.96. The zero-order valence-electron chi connectivity index (χ0n) is 8.92. The van der Waals surface area contributed by atoms with E-state index in [-0.39, 0.29) is 30.2 Å². The van der Waals surface area contributed by atoms with Crippen LogP contribution in [0.2, 0.25) is 0 Å². The molecule has 3 nitrogen and oxygen atoms in total. The smallest absolute Gasteiger partial charge is 0.241 e. The summed E-state index contributed by atoms with van der Waals surface area (Å²) in [6.07, 6.45) is 0.847. The van der Waals surface area contributed by atoms with E-state index in [0.717, 1.165) is 18.5 Å². The number of halogens is 2. The number of benzene rings is 1. The van der Waals surface area contributed by atoms with Crippen molar-refractivity contribution in [3.8, 4) is 0 Å². The van der Waals surface area contributed by atoms with Crippen molar-refractivity contribution >= 4 is 24.0 Å². The maximum atomic E-state index is 12.9. The Labute approximate surface area is 99.8 Å². The lowest BCUT2D eigenvalue weighted by molar-refractivity contribution is -0.119. The van der Waals surface area contributed by atoms with Crippen LogP contribution in [-0.4, -0.2) is 18.5 Å². The molecule has 16 heavy (non-hydrogen) atoms. The quantitative estimate of drug-likeness (QED) is 0.834. The van der Waals surface area contributed by atoms with Crippen molar-refractivity contribution < 1.29 is 9.18 Å². The minimum atomic E-state index is -0.336. The monoisotopic (exact) mass is 244 g/mol. The van der Waals surface area contributed by atoms with Crippen molar-refractivity contribution in [2.45, 2.75) is 19.4 Å². The molecule has 0 unspecified atom stereocenters. The Bertz CT molecular complexity index is 394. The van der Waals surface area contributed by atoms with E-state index in [4.69, 9.17) is 0 Å². The molecule has 1 fully saturated rings. The molecule has 1 aromatic rings. The minimum absolute atomic E-state index is 0. The van der Waals surface area contributed by atoms with Crippen molar-refractivity contribution in [1.82, 2.24) is 5.32 Å². The lowest BCUT2D eigenvalue weighted by Gasteiger charge is -2.26. The van der Waals surface area contributed by atoms with Crippen molar-refractivity contribution in [3.63, 3.8) is 0 Å². The first-order valence-electron chi connectivity index (χ1n) is 4.97. The van der Waals surface area contributed by atoms with E-state index in [1.807, 2.05) is 6.92 Å². The maximum Gasteiger partial charge on any atom is 0.241 e. The Morgan fingerprint density at radius 1 is 1.56 bits per heavy atom. The highest BCUT2D eigenvalue weighted by Gasteiger charge is 2.24. The molecule has 5 heteroatoms. The third-order valence-corrected chi connectivity index (χ3v) is 2.60. The van der Waals surface area contributed by atoms with Crippen LogP contribution in [0.5, 0.6) is 0 Å². The van der Waals surface area contributed by atoms with Gasteiger partial charge in [0, 0.05) is 5.69 Å². The summed E-state index contributed by atoms with van der Waals surface area (Å²) < 4.78 is 12.9. The number of hydrogen-bond donors (Lipinski definition) is 2. The van der Waals surface area contributed by atoms with Crippen LogP contribution in [-0.2, 0) is 4.79 Å². The van der Waals surface area contributed by atoms with Gasteiger partial charge in [0.2, 0.25) is 5.91 Å². The molecule has 1 aliphatic rings. The van der Waals surface area contributed by atoms with E-state index in [2.05, 4.69) is 10.6 Å². The van der Waals surface area contributed by atoms with E-state index < -0.39 is 0 Å². The van der Waals surface area contributed by atoms with Crippen LogP contribution in [0.15, 0.2) is 18.2 Å². The molecule has 1 heterocycles. The standard InChI is InChI=1S/C11H13FN2O.ClH/c1-7-2-3-8(12)6-10(7)14-11(15)9-4-5-13-9;/h2-3,6,9,13H,4-5H2,1H3,(H,14,15);1H/t9-;/m1./s1. The molecule has 0 aromatic heterocycles. The fraction of sp³-hybridized carbons (Fsp3) is 0.364. The molecule has 0 spiro atoms. The Balaban J connectivity index is 0.00000128. The number of rotatable bonds is 2. The highest BCUT2D eigenvalue weighted by atomic mass is 35.5. The zero-order valence-corrected chi connectivity index (χ0v) is 9.73. The maximum absolute atomic E-state index is 12.9. The number of hydrogen-bond acceptors (Lipinski definition) is 2. The Hall–Kier alpha value is -1.13. The number of anilines is 1. The summed E-state index contributed by atoms with van der Waals surface area (Å²) in [5, 5.41) is 5.71. The van der Waals surface area contributed by atoms with Gasteiger partial charge in [0.15, 0.2) is 0 Å². The molecule has 1 amide bonds. The Kier molecular flexibility index (Phi) is 4.26. The predicted molar refractivity (Wildman–Crippen MR) is 63.4 cm³/mol. The van der Waals surface area contributed by atoms with E-state index in [1.165, 1.54) is 12.1 Å². The van der Waals surface area contributed by atoms with Gasteiger partial charge in [-0.2, -0.15) is 0 Å². The summed E-state index contributed by atoms with van der Waals surface area (Å²) in [5.41, 5.74) is 1.41. The molecule has 2 rings (SSSR count). The first-order valence-corrected chi connectivity index (χ1v) is 4.97. The van der Waals surface area contributed by atoms with Gasteiger partial charge in [-0.1, -0.05) is 6.07 Å². The highest BCUT2D eigenvalue weighted by Crippen LogP contribution is 2.17. The Morgan fingerprint density at radius 2 is 2.25 bits per heavy atom. The first-order chi connectivity index (χ1) is 7.16. The van der Waals surface area contributed by atoms with Gasteiger partial charge in [0.1, 0.15) is 5.82 Å². The van der Waals surface area contributed by atoms with Crippen LogP contribution >= 0.6 is 12.4 Å².